The first kappa shape index (κ1) is 35.4. The molecule has 0 spiro atoms. The van der Waals surface area contributed by atoms with Gasteiger partial charge in [-0.3, -0.25) is 24.0 Å². The number of nitrogens with one attached hydrogen (secondary N) is 5. The molecule has 5 amide bonds. The minimum absolute atomic E-state index is 0.0832. The zero-order valence-electron chi connectivity index (χ0n) is 26.4. The maximum absolute atomic E-state index is 13.6. The fourth-order valence-electron chi connectivity index (χ4n) is 4.85. The van der Waals surface area contributed by atoms with E-state index >= 15 is 0 Å². The lowest BCUT2D eigenvalue weighted by atomic mass is 9.95. The molecule has 0 aromatic carbocycles. The third-order valence-electron chi connectivity index (χ3n) is 7.15. The average molecular weight is 566 g/mol. The Morgan fingerprint density at radius 2 is 0.700 bits per heavy atom. The minimum Gasteiger partial charge on any atom is -0.343 e. The molecule has 1 rings (SSSR count). The van der Waals surface area contributed by atoms with Crippen LogP contribution < -0.4 is 26.6 Å². The Morgan fingerprint density at radius 3 is 0.950 bits per heavy atom. The Balaban J connectivity index is 3.64. The summed E-state index contributed by atoms with van der Waals surface area (Å²) >= 11 is 0. The number of carbonyl (C=O) groups excluding carboxylic acids is 5. The third-order valence-corrected chi connectivity index (χ3v) is 7.15. The predicted molar refractivity (Wildman–Crippen MR) is 157 cm³/mol. The maximum Gasteiger partial charge on any atom is 0.243 e. The van der Waals surface area contributed by atoms with Crippen LogP contribution in [0.3, 0.4) is 0 Å². The summed E-state index contributed by atoms with van der Waals surface area (Å²) in [5, 5.41) is 14.3. The van der Waals surface area contributed by atoms with Gasteiger partial charge < -0.3 is 26.6 Å². The summed E-state index contributed by atoms with van der Waals surface area (Å²) < 4.78 is 0. The first-order valence-electron chi connectivity index (χ1n) is 15.1. The van der Waals surface area contributed by atoms with E-state index in [0.29, 0.717) is 32.1 Å². The highest BCUT2D eigenvalue weighted by Gasteiger charge is 2.36. The van der Waals surface area contributed by atoms with Crippen LogP contribution in [-0.4, -0.2) is 59.7 Å². The van der Waals surface area contributed by atoms with Gasteiger partial charge in [0.25, 0.3) is 0 Å². The lowest BCUT2D eigenvalue weighted by molar-refractivity contribution is -0.135. The van der Waals surface area contributed by atoms with Crippen molar-refractivity contribution in [2.75, 3.05) is 0 Å². The normalized spacial score (nSPS) is 26.6. The van der Waals surface area contributed by atoms with E-state index in [1.54, 1.807) is 0 Å². The molecule has 6 atom stereocenters. The van der Waals surface area contributed by atoms with Crippen molar-refractivity contribution in [2.45, 2.75) is 132 Å². The molecule has 6 unspecified atom stereocenters. The van der Waals surface area contributed by atoms with Crippen molar-refractivity contribution in [1.82, 2.24) is 26.6 Å². The Kier molecular flexibility index (Phi) is 14.7. The van der Waals surface area contributed by atoms with E-state index in [9.17, 15) is 24.0 Å². The van der Waals surface area contributed by atoms with Crippen molar-refractivity contribution in [1.29, 1.82) is 0 Å². The van der Waals surface area contributed by atoms with Crippen LogP contribution in [0.25, 0.3) is 0 Å². The number of hydrogen-bond donors (Lipinski definition) is 5. The van der Waals surface area contributed by atoms with E-state index in [0.717, 1.165) is 0 Å². The Morgan fingerprint density at radius 1 is 0.450 bits per heavy atom. The van der Waals surface area contributed by atoms with Gasteiger partial charge in [0.05, 0.1) is 0 Å². The first-order chi connectivity index (χ1) is 18.5. The van der Waals surface area contributed by atoms with E-state index in [-0.39, 0.29) is 29.6 Å². The Bertz CT molecular complexity index is 857. The van der Waals surface area contributed by atoms with Crippen LogP contribution in [-0.2, 0) is 24.0 Å². The van der Waals surface area contributed by atoms with E-state index < -0.39 is 59.7 Å². The second-order valence-corrected chi connectivity index (χ2v) is 13.1. The van der Waals surface area contributed by atoms with Crippen LogP contribution in [0.15, 0.2) is 0 Å². The molecule has 230 valence electrons. The van der Waals surface area contributed by atoms with Crippen molar-refractivity contribution >= 4 is 29.5 Å². The molecule has 0 bridgehead atoms. The smallest absolute Gasteiger partial charge is 0.243 e. The largest absolute Gasteiger partial charge is 0.343 e. The summed E-state index contributed by atoms with van der Waals surface area (Å²) in [5.74, 6) is -2.20. The van der Waals surface area contributed by atoms with Gasteiger partial charge in [-0.05, 0) is 55.3 Å². The van der Waals surface area contributed by atoms with E-state index in [1.807, 2.05) is 69.2 Å². The van der Waals surface area contributed by atoms with Crippen LogP contribution in [0.2, 0.25) is 0 Å². The van der Waals surface area contributed by atoms with Crippen LogP contribution >= 0.6 is 0 Å². The Labute approximate surface area is 241 Å². The molecule has 1 aliphatic rings. The molecule has 0 aromatic rings. The van der Waals surface area contributed by atoms with Crippen LogP contribution in [0.4, 0.5) is 0 Å². The highest BCUT2D eigenvalue weighted by molar-refractivity contribution is 5.98. The molecule has 1 heterocycles. The molecular formula is C30H55N5O5. The molecule has 0 radical (unpaired) electrons. The van der Waals surface area contributed by atoms with E-state index in [4.69, 9.17) is 0 Å². The first-order valence-corrected chi connectivity index (χ1v) is 15.1. The van der Waals surface area contributed by atoms with Gasteiger partial charge >= 0.3 is 0 Å². The molecule has 5 N–H and O–H groups in total. The summed E-state index contributed by atoms with van der Waals surface area (Å²) in [4.78, 5) is 67.6. The summed E-state index contributed by atoms with van der Waals surface area (Å²) in [5.41, 5.74) is 0. The maximum atomic E-state index is 13.6. The molecule has 10 nitrogen and oxygen atoms in total. The van der Waals surface area contributed by atoms with Crippen LogP contribution in [0.1, 0.15) is 101 Å². The fourth-order valence-corrected chi connectivity index (χ4v) is 4.85. The van der Waals surface area contributed by atoms with Gasteiger partial charge in [-0.1, -0.05) is 75.7 Å². The zero-order valence-corrected chi connectivity index (χ0v) is 26.4. The van der Waals surface area contributed by atoms with Gasteiger partial charge in [-0.15, -0.1) is 0 Å². The minimum atomic E-state index is -0.894. The molecule has 0 aliphatic carbocycles. The van der Waals surface area contributed by atoms with Gasteiger partial charge in [0.15, 0.2) is 0 Å². The topological polar surface area (TPSA) is 146 Å². The predicted octanol–water partition coefficient (Wildman–Crippen LogP) is 2.65. The summed E-state index contributed by atoms with van der Waals surface area (Å²) in [7, 11) is 0. The summed E-state index contributed by atoms with van der Waals surface area (Å²) in [6.45, 7) is 19.4. The molecule has 1 aliphatic heterocycles. The number of carbonyl (C=O) groups is 5. The second-order valence-electron chi connectivity index (χ2n) is 13.1. The van der Waals surface area contributed by atoms with Gasteiger partial charge in [-0.2, -0.15) is 0 Å². The van der Waals surface area contributed by atoms with Crippen molar-refractivity contribution in [3.8, 4) is 0 Å². The molecule has 1 saturated heterocycles. The van der Waals surface area contributed by atoms with Crippen molar-refractivity contribution in [3.05, 3.63) is 0 Å². The lowest BCUT2D eigenvalue weighted by Gasteiger charge is -2.29. The molecule has 10 heteroatoms. The van der Waals surface area contributed by atoms with E-state index in [2.05, 4.69) is 26.6 Å². The summed E-state index contributed by atoms with van der Waals surface area (Å²) in [6, 6.07) is -4.44. The quantitative estimate of drug-likeness (QED) is 0.277. The molecule has 0 saturated carbocycles. The van der Waals surface area contributed by atoms with Gasteiger partial charge in [-0.25, -0.2) is 0 Å². The SMILES string of the molecule is CCC(C)C1NC(=O)C(CC(C)C)NC(=O)C(CC(C)C)NC(=O)C(CC(C)C)NC(=O)C(CC(C)C)NC1=O. The number of hydrogen-bond acceptors (Lipinski definition) is 5. The Hall–Kier alpha value is -2.65. The van der Waals surface area contributed by atoms with Gasteiger partial charge in [0.1, 0.15) is 30.2 Å². The van der Waals surface area contributed by atoms with Gasteiger partial charge in [0.2, 0.25) is 29.5 Å². The van der Waals surface area contributed by atoms with Crippen molar-refractivity contribution in [3.63, 3.8) is 0 Å². The number of amides is 5. The number of rotatable bonds is 10. The van der Waals surface area contributed by atoms with E-state index in [1.165, 1.54) is 0 Å². The molecular weight excluding hydrogens is 510 g/mol. The highest BCUT2D eigenvalue weighted by Crippen LogP contribution is 2.15. The van der Waals surface area contributed by atoms with Gasteiger partial charge in [0, 0.05) is 0 Å². The van der Waals surface area contributed by atoms with Crippen LogP contribution in [0, 0.1) is 29.6 Å². The lowest BCUT2D eigenvalue weighted by Crippen LogP contribution is -2.59. The fraction of sp³-hybridized carbons (Fsp3) is 0.833. The van der Waals surface area contributed by atoms with Crippen LogP contribution in [0.5, 0.6) is 0 Å². The highest BCUT2D eigenvalue weighted by atomic mass is 16.2. The van der Waals surface area contributed by atoms with Crippen molar-refractivity contribution < 1.29 is 24.0 Å². The molecule has 40 heavy (non-hydrogen) atoms. The molecule has 0 aromatic heterocycles. The zero-order chi connectivity index (χ0) is 30.7. The average Bonchev–Trinajstić information content (AvgIpc) is 2.83. The standard InChI is InChI=1S/C30H55N5O5/c1-11-20(10)25-30(40)34-23(14-18(6)7)28(38)32-21(12-16(2)3)26(36)31-22(13-17(4)5)27(37)33-24(15-19(8)9)29(39)35-25/h16-25H,11-15H2,1-10H3,(H,31,36)(H,32,38)(H,33,37)(H,34,40)(H,35,39). The van der Waals surface area contributed by atoms with Crippen molar-refractivity contribution in [2.24, 2.45) is 29.6 Å². The third kappa shape index (κ3) is 11.8. The summed E-state index contributed by atoms with van der Waals surface area (Å²) in [6.07, 6.45) is 2.07. The monoisotopic (exact) mass is 565 g/mol. The molecule has 1 fully saturated rings. The second kappa shape index (κ2) is 16.6.